The van der Waals surface area contributed by atoms with Crippen LogP contribution in [0.3, 0.4) is 0 Å². The van der Waals surface area contributed by atoms with Crippen LogP contribution in [0.4, 0.5) is 0 Å². The number of nitrogens with zero attached hydrogens (tertiary/aromatic N) is 2. The first-order chi connectivity index (χ1) is 11.1. The van der Waals surface area contributed by atoms with E-state index in [-0.39, 0.29) is 12.0 Å². The number of hydrogen-bond donors (Lipinski definition) is 0. The van der Waals surface area contributed by atoms with E-state index in [1.807, 2.05) is 10.6 Å². The molecule has 3 nitrogen and oxygen atoms in total. The van der Waals surface area contributed by atoms with E-state index >= 15 is 0 Å². The van der Waals surface area contributed by atoms with Crippen LogP contribution >= 0.6 is 0 Å². The van der Waals surface area contributed by atoms with E-state index in [2.05, 4.69) is 45.0 Å². The van der Waals surface area contributed by atoms with Crippen LogP contribution in [0.25, 0.3) is 11.3 Å². The van der Waals surface area contributed by atoms with E-state index < -0.39 is 0 Å². The first-order valence-corrected chi connectivity index (χ1v) is 8.25. The van der Waals surface area contributed by atoms with Crippen molar-refractivity contribution in [3.63, 3.8) is 0 Å². The highest BCUT2D eigenvalue weighted by molar-refractivity contribution is 5.65. The molecule has 120 valence electrons. The quantitative estimate of drug-likeness (QED) is 0.743. The predicted octanol–water partition coefficient (Wildman–Crippen LogP) is 4.39. The summed E-state index contributed by atoms with van der Waals surface area (Å²) >= 11 is 0. The molecule has 23 heavy (non-hydrogen) atoms. The number of aryl methyl sites for hydroxylation is 2. The monoisotopic (exact) mass is 308 g/mol. The second-order valence-electron chi connectivity index (χ2n) is 6.06. The molecule has 0 N–H and O–H groups in total. The highest BCUT2D eigenvalue weighted by Gasteiger charge is 2.12. The van der Waals surface area contributed by atoms with Gasteiger partial charge in [0.15, 0.2) is 0 Å². The number of aromatic nitrogens is 1. The van der Waals surface area contributed by atoms with Gasteiger partial charge in [0.25, 0.3) is 5.56 Å². The summed E-state index contributed by atoms with van der Waals surface area (Å²) in [4.78, 5) is 12.8. The first kappa shape index (κ1) is 17.0. The van der Waals surface area contributed by atoms with Gasteiger partial charge in [0, 0.05) is 17.7 Å². The Morgan fingerprint density at radius 2 is 1.91 bits per heavy atom. The molecule has 1 aromatic carbocycles. The van der Waals surface area contributed by atoms with Crippen molar-refractivity contribution in [2.45, 2.75) is 53.0 Å². The Labute approximate surface area is 138 Å². The summed E-state index contributed by atoms with van der Waals surface area (Å²) in [5.41, 5.74) is 4.95. The molecule has 1 heterocycles. The van der Waals surface area contributed by atoms with Gasteiger partial charge in [-0.1, -0.05) is 43.5 Å². The normalized spacial score (nSPS) is 10.5. The van der Waals surface area contributed by atoms with E-state index in [9.17, 15) is 4.79 Å². The summed E-state index contributed by atoms with van der Waals surface area (Å²) in [5.74, 6) is 0. The van der Waals surface area contributed by atoms with E-state index in [1.54, 1.807) is 6.07 Å². The molecule has 0 saturated carbocycles. The predicted molar refractivity (Wildman–Crippen MR) is 94.5 cm³/mol. The fourth-order valence-corrected chi connectivity index (χ4v) is 2.83. The Bertz CT molecular complexity index is 781. The van der Waals surface area contributed by atoms with Gasteiger partial charge in [0.05, 0.1) is 18.2 Å². The molecule has 0 saturated heterocycles. The molecular weight excluding hydrogens is 284 g/mol. The number of hydrogen-bond acceptors (Lipinski definition) is 2. The Morgan fingerprint density at radius 3 is 2.61 bits per heavy atom. The van der Waals surface area contributed by atoms with Gasteiger partial charge < -0.3 is 4.57 Å². The molecule has 0 fully saturated rings. The summed E-state index contributed by atoms with van der Waals surface area (Å²) in [5, 5.41) is 8.92. The molecule has 0 unspecified atom stereocenters. The van der Waals surface area contributed by atoms with Gasteiger partial charge in [-0.25, -0.2) is 0 Å². The van der Waals surface area contributed by atoms with Gasteiger partial charge in [-0.15, -0.1) is 0 Å². The molecule has 0 bridgehead atoms. The molecule has 0 spiro atoms. The van der Waals surface area contributed by atoms with Crippen molar-refractivity contribution in [3.8, 4) is 17.3 Å². The minimum Gasteiger partial charge on any atom is -0.308 e. The van der Waals surface area contributed by atoms with Crippen molar-refractivity contribution in [1.29, 1.82) is 5.26 Å². The van der Waals surface area contributed by atoms with E-state index in [4.69, 9.17) is 5.26 Å². The van der Waals surface area contributed by atoms with Crippen LogP contribution in [-0.4, -0.2) is 4.57 Å². The van der Waals surface area contributed by atoms with Crippen LogP contribution in [0, 0.1) is 25.2 Å². The van der Waals surface area contributed by atoms with Crippen LogP contribution < -0.4 is 5.56 Å². The maximum absolute atomic E-state index is 12.8. The second-order valence-corrected chi connectivity index (χ2v) is 6.06. The first-order valence-electron chi connectivity index (χ1n) is 8.25. The summed E-state index contributed by atoms with van der Waals surface area (Å²) < 4.78 is 1.85. The van der Waals surface area contributed by atoms with Crippen molar-refractivity contribution >= 4 is 0 Å². The van der Waals surface area contributed by atoms with Crippen molar-refractivity contribution in [2.24, 2.45) is 0 Å². The Hall–Kier alpha value is -2.34. The number of rotatable bonds is 6. The third kappa shape index (κ3) is 3.90. The Balaban J connectivity index is 2.58. The van der Waals surface area contributed by atoms with Gasteiger partial charge in [0.1, 0.15) is 0 Å². The van der Waals surface area contributed by atoms with Crippen LogP contribution in [0.5, 0.6) is 0 Å². The fraction of sp³-hybridized carbons (Fsp3) is 0.400. The summed E-state index contributed by atoms with van der Waals surface area (Å²) in [7, 11) is 0. The highest BCUT2D eigenvalue weighted by atomic mass is 16.1. The smallest absolute Gasteiger partial charge is 0.255 e. The van der Waals surface area contributed by atoms with Gasteiger partial charge in [-0.3, -0.25) is 4.79 Å². The molecule has 0 radical (unpaired) electrons. The standard InChI is InChI=1S/C20H24N2O/c1-4-5-6-13-22-19(10-9-17(11-12-21)20(22)23)18-14-15(2)7-8-16(18)3/h7-10,14H,4-6,11,13H2,1-3H3. The highest BCUT2D eigenvalue weighted by Crippen LogP contribution is 2.24. The van der Waals surface area contributed by atoms with Crippen LogP contribution in [0.1, 0.15) is 42.9 Å². The summed E-state index contributed by atoms with van der Waals surface area (Å²) in [6, 6.07) is 12.2. The van der Waals surface area contributed by atoms with Crippen molar-refractivity contribution in [2.75, 3.05) is 0 Å². The van der Waals surface area contributed by atoms with Crippen molar-refractivity contribution < 1.29 is 0 Å². The Morgan fingerprint density at radius 1 is 1.13 bits per heavy atom. The molecule has 0 aliphatic heterocycles. The summed E-state index contributed by atoms with van der Waals surface area (Å²) in [6.45, 7) is 6.99. The number of benzene rings is 1. The summed E-state index contributed by atoms with van der Waals surface area (Å²) in [6.07, 6.45) is 3.36. The third-order valence-electron chi connectivity index (χ3n) is 4.18. The zero-order chi connectivity index (χ0) is 16.8. The zero-order valence-corrected chi connectivity index (χ0v) is 14.2. The topological polar surface area (TPSA) is 45.8 Å². The average Bonchev–Trinajstić information content (AvgIpc) is 2.54. The number of unbranched alkanes of at least 4 members (excludes halogenated alkanes) is 2. The molecule has 2 aromatic rings. The maximum Gasteiger partial charge on any atom is 0.255 e. The third-order valence-corrected chi connectivity index (χ3v) is 4.18. The average molecular weight is 308 g/mol. The van der Waals surface area contributed by atoms with Crippen molar-refractivity contribution in [1.82, 2.24) is 4.57 Å². The number of nitriles is 1. The lowest BCUT2D eigenvalue weighted by Crippen LogP contribution is -2.25. The lowest BCUT2D eigenvalue weighted by atomic mass is 10.0. The molecular formula is C20H24N2O. The van der Waals surface area contributed by atoms with Crippen LogP contribution in [0.2, 0.25) is 0 Å². The maximum atomic E-state index is 12.8. The minimum atomic E-state index is -0.0268. The largest absolute Gasteiger partial charge is 0.308 e. The molecule has 3 heteroatoms. The molecule has 0 aliphatic rings. The minimum absolute atomic E-state index is 0.0268. The van der Waals surface area contributed by atoms with Crippen molar-refractivity contribution in [3.05, 3.63) is 57.4 Å². The van der Waals surface area contributed by atoms with Crippen LogP contribution in [0.15, 0.2) is 35.1 Å². The molecule has 0 amide bonds. The molecule has 1 aromatic heterocycles. The second kappa shape index (κ2) is 7.78. The van der Waals surface area contributed by atoms with Gasteiger partial charge >= 0.3 is 0 Å². The SMILES string of the molecule is CCCCCn1c(-c2cc(C)ccc2C)ccc(CC#N)c1=O. The fourth-order valence-electron chi connectivity index (χ4n) is 2.83. The van der Waals surface area contributed by atoms with E-state index in [0.29, 0.717) is 12.1 Å². The molecule has 2 rings (SSSR count). The van der Waals surface area contributed by atoms with E-state index in [1.165, 1.54) is 5.56 Å². The lowest BCUT2D eigenvalue weighted by molar-refractivity contribution is 0.589. The van der Waals surface area contributed by atoms with E-state index in [0.717, 1.165) is 36.1 Å². The Kier molecular flexibility index (Phi) is 5.76. The molecule has 0 atom stereocenters. The van der Waals surface area contributed by atoms with Gasteiger partial charge in [0.2, 0.25) is 0 Å². The lowest BCUT2D eigenvalue weighted by Gasteiger charge is -2.16. The zero-order valence-electron chi connectivity index (χ0n) is 14.2. The molecule has 0 aliphatic carbocycles. The number of pyridine rings is 1. The van der Waals surface area contributed by atoms with Gasteiger partial charge in [-0.2, -0.15) is 5.26 Å². The van der Waals surface area contributed by atoms with Crippen LogP contribution in [-0.2, 0) is 13.0 Å². The van der Waals surface area contributed by atoms with Gasteiger partial charge in [-0.05, 0) is 38.0 Å².